The van der Waals surface area contributed by atoms with Gasteiger partial charge in [-0.1, -0.05) is 12.1 Å². The van der Waals surface area contributed by atoms with E-state index in [1.165, 1.54) is 17.0 Å². The number of methoxy groups -OCH3 is 1. The number of anilines is 1. The zero-order chi connectivity index (χ0) is 20.5. The lowest BCUT2D eigenvalue weighted by Crippen LogP contribution is -2.38. The molecule has 0 aliphatic carbocycles. The average molecular weight is 396 g/mol. The first-order valence-electron chi connectivity index (χ1n) is 8.59. The number of halogens is 3. The molecule has 1 saturated heterocycles. The highest BCUT2D eigenvalue weighted by Crippen LogP contribution is 2.31. The Hall–Kier alpha value is -2.81. The largest absolute Gasteiger partial charge is 0.497 e. The number of carbonyl (C=O) groups excluding carboxylic acids is 1. The zero-order valence-electron chi connectivity index (χ0n) is 15.0. The maximum atomic E-state index is 12.6. The molecule has 1 amide bonds. The smallest absolute Gasteiger partial charge is 0.416 e. The third-order valence-electron chi connectivity index (χ3n) is 4.75. The minimum absolute atomic E-state index is 0.00196. The summed E-state index contributed by atoms with van der Waals surface area (Å²) in [5.74, 6) is 0.248. The van der Waals surface area contributed by atoms with Crippen LogP contribution in [0.15, 0.2) is 47.4 Å². The van der Waals surface area contributed by atoms with Gasteiger partial charge in [0.25, 0.3) is 5.56 Å². The molecule has 0 radical (unpaired) electrons. The van der Waals surface area contributed by atoms with E-state index in [9.17, 15) is 27.9 Å². The summed E-state index contributed by atoms with van der Waals surface area (Å²) < 4.78 is 43.6. The van der Waals surface area contributed by atoms with E-state index in [4.69, 9.17) is 4.74 Å². The van der Waals surface area contributed by atoms with Gasteiger partial charge >= 0.3 is 6.18 Å². The molecule has 3 rings (SSSR count). The van der Waals surface area contributed by atoms with Crippen LogP contribution in [-0.2, 0) is 11.3 Å². The fraction of sp³-hybridized carbons (Fsp3) is 0.368. The van der Waals surface area contributed by atoms with E-state index >= 15 is 0 Å². The van der Waals surface area contributed by atoms with E-state index < -0.39 is 24.4 Å². The van der Waals surface area contributed by atoms with Gasteiger partial charge in [-0.25, -0.2) is 0 Å². The molecule has 1 fully saturated rings. The summed E-state index contributed by atoms with van der Waals surface area (Å²) in [5, 5.41) is 9.23. The molecule has 2 atom stereocenters. The Morgan fingerprint density at radius 1 is 1.21 bits per heavy atom. The molecule has 28 heavy (non-hydrogen) atoms. The first kappa shape index (κ1) is 19.9. The minimum atomic E-state index is -4.83. The quantitative estimate of drug-likeness (QED) is 0.842. The maximum Gasteiger partial charge on any atom is 0.416 e. The number of carbonyl (C=O) groups is 1. The summed E-state index contributed by atoms with van der Waals surface area (Å²) in [4.78, 5) is 26.3. The maximum absolute atomic E-state index is 12.6. The Labute approximate surface area is 158 Å². The molecule has 1 aliphatic heterocycles. The van der Waals surface area contributed by atoms with Gasteiger partial charge in [-0.3, -0.25) is 9.59 Å². The number of rotatable bonds is 5. The Morgan fingerprint density at radius 3 is 2.50 bits per heavy atom. The molecule has 0 spiro atoms. The summed E-state index contributed by atoms with van der Waals surface area (Å²) >= 11 is 0. The summed E-state index contributed by atoms with van der Waals surface area (Å²) in [7, 11) is 1.55. The van der Waals surface area contributed by atoms with Gasteiger partial charge in [-0.05, 0) is 29.8 Å². The van der Waals surface area contributed by atoms with Gasteiger partial charge in [0.05, 0.1) is 13.7 Å². The Balaban J connectivity index is 1.82. The van der Waals surface area contributed by atoms with Crippen molar-refractivity contribution in [1.29, 1.82) is 0 Å². The van der Waals surface area contributed by atoms with Crippen LogP contribution in [0.5, 0.6) is 5.75 Å². The predicted octanol–water partition coefficient (Wildman–Crippen LogP) is 2.30. The lowest BCUT2D eigenvalue weighted by atomic mass is 9.98. The van der Waals surface area contributed by atoms with Gasteiger partial charge in [0.15, 0.2) is 6.10 Å². The number of aromatic nitrogens is 1. The summed E-state index contributed by atoms with van der Waals surface area (Å²) in [6, 6.07) is 10.0. The van der Waals surface area contributed by atoms with E-state index in [2.05, 4.69) is 0 Å². The minimum Gasteiger partial charge on any atom is -0.497 e. The molecule has 2 heterocycles. The van der Waals surface area contributed by atoms with Crippen LogP contribution in [0, 0.1) is 0 Å². The number of hydrogen-bond acceptors (Lipinski definition) is 4. The topological polar surface area (TPSA) is 71.8 Å². The Bertz CT molecular complexity index is 909. The Morgan fingerprint density at radius 2 is 1.89 bits per heavy atom. The number of aliphatic hydroxyl groups excluding tert-OH is 1. The second-order valence-electron chi connectivity index (χ2n) is 6.59. The van der Waals surface area contributed by atoms with Crippen LogP contribution in [0.3, 0.4) is 0 Å². The molecule has 1 aromatic heterocycles. The summed E-state index contributed by atoms with van der Waals surface area (Å²) in [6.07, 6.45) is -6.16. The molecule has 150 valence electrons. The first-order valence-corrected chi connectivity index (χ1v) is 8.59. The van der Waals surface area contributed by atoms with E-state index in [-0.39, 0.29) is 30.5 Å². The summed E-state index contributed by atoms with van der Waals surface area (Å²) in [6.45, 7) is -0.688. The second-order valence-corrected chi connectivity index (χ2v) is 6.59. The number of pyridine rings is 1. The van der Waals surface area contributed by atoms with Crippen LogP contribution >= 0.6 is 0 Å². The van der Waals surface area contributed by atoms with E-state index in [0.29, 0.717) is 5.75 Å². The molecule has 6 nitrogen and oxygen atoms in total. The van der Waals surface area contributed by atoms with Crippen LogP contribution in [0.2, 0.25) is 0 Å². The standard InChI is InChI=1S/C19H19F3N2O4/c1-28-14-6-4-12(5-7-14)13-9-17(26)24(10-13)15-3-2-8-23(18(15)27)11-16(25)19(20,21)22/h2-8,13,16,25H,9-11H2,1H3. The number of alkyl halides is 3. The van der Waals surface area contributed by atoms with Crippen molar-refractivity contribution in [2.45, 2.75) is 31.2 Å². The van der Waals surface area contributed by atoms with Gasteiger partial charge in [0.1, 0.15) is 11.4 Å². The number of aliphatic hydroxyl groups is 1. The van der Waals surface area contributed by atoms with Crippen LogP contribution < -0.4 is 15.2 Å². The van der Waals surface area contributed by atoms with E-state index in [1.54, 1.807) is 19.2 Å². The molecule has 1 aromatic carbocycles. The fourth-order valence-corrected chi connectivity index (χ4v) is 3.20. The van der Waals surface area contributed by atoms with Gasteiger partial charge in [0, 0.05) is 25.1 Å². The predicted molar refractivity (Wildman–Crippen MR) is 95.5 cm³/mol. The van der Waals surface area contributed by atoms with Crippen molar-refractivity contribution < 1.29 is 27.8 Å². The number of benzene rings is 1. The Kier molecular flexibility index (Phi) is 5.46. The van der Waals surface area contributed by atoms with Crippen LogP contribution in [-0.4, -0.2) is 41.5 Å². The number of amides is 1. The van der Waals surface area contributed by atoms with Gasteiger partial charge < -0.3 is 19.3 Å². The van der Waals surface area contributed by atoms with Crippen molar-refractivity contribution in [2.24, 2.45) is 0 Å². The van der Waals surface area contributed by atoms with E-state index in [0.717, 1.165) is 16.3 Å². The fourth-order valence-electron chi connectivity index (χ4n) is 3.20. The number of hydrogen-bond donors (Lipinski definition) is 1. The molecule has 0 saturated carbocycles. The summed E-state index contributed by atoms with van der Waals surface area (Å²) in [5.41, 5.74) is 0.146. The van der Waals surface area contributed by atoms with Crippen LogP contribution in [0.4, 0.5) is 18.9 Å². The molecule has 9 heteroatoms. The van der Waals surface area contributed by atoms with Gasteiger partial charge in [-0.2, -0.15) is 13.2 Å². The van der Waals surface area contributed by atoms with E-state index in [1.807, 2.05) is 12.1 Å². The average Bonchev–Trinajstić information content (AvgIpc) is 3.04. The second kappa shape index (κ2) is 7.67. The SMILES string of the molecule is COc1ccc(C2CC(=O)N(c3cccn(CC(O)C(F)(F)F)c3=O)C2)cc1. The molecule has 1 aliphatic rings. The highest BCUT2D eigenvalue weighted by atomic mass is 19.4. The molecular weight excluding hydrogens is 377 g/mol. The molecule has 0 bridgehead atoms. The third-order valence-corrected chi connectivity index (χ3v) is 4.75. The first-order chi connectivity index (χ1) is 13.2. The highest BCUT2D eigenvalue weighted by molar-refractivity contribution is 5.96. The lowest BCUT2D eigenvalue weighted by molar-refractivity contribution is -0.207. The monoisotopic (exact) mass is 396 g/mol. The third kappa shape index (κ3) is 4.04. The van der Waals surface area contributed by atoms with Crippen LogP contribution in [0.25, 0.3) is 0 Å². The van der Waals surface area contributed by atoms with Crippen LogP contribution in [0.1, 0.15) is 17.9 Å². The molecule has 2 aromatic rings. The molecule has 1 N–H and O–H groups in total. The van der Waals surface area contributed by atoms with Crippen molar-refractivity contribution in [3.8, 4) is 5.75 Å². The number of nitrogens with zero attached hydrogens (tertiary/aromatic N) is 2. The molecule has 2 unspecified atom stereocenters. The van der Waals surface area contributed by atoms with Crippen molar-refractivity contribution in [3.63, 3.8) is 0 Å². The molecular formula is C19H19F3N2O4. The zero-order valence-corrected chi connectivity index (χ0v) is 15.0. The van der Waals surface area contributed by atoms with Gasteiger partial charge in [-0.15, -0.1) is 0 Å². The van der Waals surface area contributed by atoms with Crippen molar-refractivity contribution >= 4 is 11.6 Å². The normalized spacial score (nSPS) is 18.4. The van der Waals surface area contributed by atoms with Crippen molar-refractivity contribution in [2.75, 3.05) is 18.6 Å². The number of ether oxygens (including phenoxy) is 1. The lowest BCUT2D eigenvalue weighted by Gasteiger charge is -2.19. The van der Waals surface area contributed by atoms with Gasteiger partial charge in [0.2, 0.25) is 5.91 Å². The van der Waals surface area contributed by atoms with Crippen molar-refractivity contribution in [3.05, 3.63) is 58.5 Å². The highest BCUT2D eigenvalue weighted by Gasteiger charge is 2.39. The van der Waals surface area contributed by atoms with Crippen molar-refractivity contribution in [1.82, 2.24) is 4.57 Å².